The average Bonchev–Trinajstić information content (AvgIpc) is 3.18. The third kappa shape index (κ3) is 6.60. The molecule has 0 aliphatic rings. The van der Waals surface area contributed by atoms with Crippen LogP contribution >= 0.6 is 0 Å². The first kappa shape index (κ1) is 19.0. The number of rotatable bonds is 9. The Morgan fingerprint density at radius 2 is 2.16 bits per heavy atom. The summed E-state index contributed by atoms with van der Waals surface area (Å²) in [6.45, 7) is 12.7. The number of aryl methyl sites for hydroxylation is 3. The fraction of sp³-hybridized carbons (Fsp3) is 0.611. The van der Waals surface area contributed by atoms with Crippen molar-refractivity contribution in [2.75, 3.05) is 19.6 Å². The van der Waals surface area contributed by atoms with Gasteiger partial charge in [-0.15, -0.1) is 0 Å². The van der Waals surface area contributed by atoms with Gasteiger partial charge in [0.25, 0.3) is 0 Å². The zero-order valence-corrected chi connectivity index (χ0v) is 15.9. The Balaban J connectivity index is 1.74. The minimum Gasteiger partial charge on any atom is -0.357 e. The summed E-state index contributed by atoms with van der Waals surface area (Å²) >= 11 is 0. The molecule has 2 N–H and O–H groups in total. The second-order valence-corrected chi connectivity index (χ2v) is 6.48. The van der Waals surface area contributed by atoms with Crippen molar-refractivity contribution in [2.45, 2.75) is 47.2 Å². The average molecular weight is 345 g/mol. The van der Waals surface area contributed by atoms with Crippen LogP contribution in [0.5, 0.6) is 0 Å². The van der Waals surface area contributed by atoms with Crippen LogP contribution in [0.3, 0.4) is 0 Å². The summed E-state index contributed by atoms with van der Waals surface area (Å²) in [7, 11) is 0. The molecule has 0 saturated carbocycles. The summed E-state index contributed by atoms with van der Waals surface area (Å²) in [4.78, 5) is 4.69. The van der Waals surface area contributed by atoms with Crippen molar-refractivity contribution in [3.63, 3.8) is 0 Å². The van der Waals surface area contributed by atoms with Crippen molar-refractivity contribution >= 4 is 5.96 Å². The van der Waals surface area contributed by atoms with Gasteiger partial charge in [0.2, 0.25) is 0 Å². The highest BCUT2D eigenvalue weighted by Gasteiger charge is 2.05. The van der Waals surface area contributed by atoms with Gasteiger partial charge in [-0.2, -0.15) is 10.2 Å². The SMILES string of the molecule is CCNC(=NCC(C)Cn1cccn1)NCCCn1nc(C)cc1C. The van der Waals surface area contributed by atoms with Gasteiger partial charge in [-0.05, 0) is 45.2 Å². The zero-order chi connectivity index (χ0) is 18.1. The predicted octanol–water partition coefficient (Wildman–Crippen LogP) is 1.98. The van der Waals surface area contributed by atoms with Crippen LogP contribution in [0.1, 0.15) is 31.7 Å². The minimum absolute atomic E-state index is 0.435. The van der Waals surface area contributed by atoms with E-state index in [9.17, 15) is 0 Å². The molecular weight excluding hydrogens is 314 g/mol. The second-order valence-electron chi connectivity index (χ2n) is 6.48. The quantitative estimate of drug-likeness (QED) is 0.414. The molecule has 7 nitrogen and oxygen atoms in total. The lowest BCUT2D eigenvalue weighted by Gasteiger charge is -2.14. The molecule has 0 spiro atoms. The Kier molecular flexibility index (Phi) is 7.50. The molecule has 0 saturated heterocycles. The largest absolute Gasteiger partial charge is 0.357 e. The number of nitrogens with one attached hydrogen (secondary N) is 2. The monoisotopic (exact) mass is 345 g/mol. The third-order valence-corrected chi connectivity index (χ3v) is 3.91. The molecule has 0 aromatic carbocycles. The molecule has 138 valence electrons. The lowest BCUT2D eigenvalue weighted by atomic mass is 10.2. The number of hydrogen-bond donors (Lipinski definition) is 2. The van der Waals surface area contributed by atoms with Crippen LogP contribution in [0.15, 0.2) is 29.5 Å². The maximum absolute atomic E-state index is 4.69. The van der Waals surface area contributed by atoms with Crippen molar-refractivity contribution in [1.82, 2.24) is 30.2 Å². The molecule has 0 bridgehead atoms. The summed E-state index contributed by atoms with van der Waals surface area (Å²) in [5.74, 6) is 1.31. The number of hydrogen-bond acceptors (Lipinski definition) is 3. The van der Waals surface area contributed by atoms with Crippen molar-refractivity contribution in [1.29, 1.82) is 0 Å². The van der Waals surface area contributed by atoms with Gasteiger partial charge < -0.3 is 10.6 Å². The van der Waals surface area contributed by atoms with Gasteiger partial charge in [0.15, 0.2) is 5.96 Å². The van der Waals surface area contributed by atoms with Gasteiger partial charge in [-0.1, -0.05) is 6.92 Å². The fourth-order valence-electron chi connectivity index (χ4n) is 2.71. The van der Waals surface area contributed by atoms with Crippen molar-refractivity contribution in [3.05, 3.63) is 35.9 Å². The van der Waals surface area contributed by atoms with Crippen LogP contribution in [-0.4, -0.2) is 45.2 Å². The summed E-state index contributed by atoms with van der Waals surface area (Å²) in [6, 6.07) is 4.06. The Hall–Kier alpha value is -2.31. The highest BCUT2D eigenvalue weighted by atomic mass is 15.3. The van der Waals surface area contributed by atoms with E-state index in [1.807, 2.05) is 30.1 Å². The van der Waals surface area contributed by atoms with Crippen LogP contribution in [0.2, 0.25) is 0 Å². The molecular formula is C18H31N7. The van der Waals surface area contributed by atoms with Crippen molar-refractivity contribution in [3.8, 4) is 0 Å². The smallest absolute Gasteiger partial charge is 0.191 e. The van der Waals surface area contributed by atoms with Gasteiger partial charge >= 0.3 is 0 Å². The van der Waals surface area contributed by atoms with E-state index >= 15 is 0 Å². The van der Waals surface area contributed by atoms with Gasteiger partial charge in [0.05, 0.1) is 5.69 Å². The predicted molar refractivity (Wildman–Crippen MR) is 102 cm³/mol. The molecule has 2 aromatic rings. The molecule has 0 aliphatic heterocycles. The fourth-order valence-corrected chi connectivity index (χ4v) is 2.71. The van der Waals surface area contributed by atoms with Crippen LogP contribution in [0.4, 0.5) is 0 Å². The van der Waals surface area contributed by atoms with Crippen LogP contribution in [0.25, 0.3) is 0 Å². The van der Waals surface area contributed by atoms with Gasteiger partial charge in [-0.25, -0.2) is 0 Å². The van der Waals surface area contributed by atoms with E-state index in [-0.39, 0.29) is 0 Å². The second kappa shape index (κ2) is 9.86. The van der Waals surface area contributed by atoms with E-state index < -0.39 is 0 Å². The number of nitrogens with zero attached hydrogens (tertiary/aromatic N) is 5. The Labute approximate surface area is 150 Å². The van der Waals surface area contributed by atoms with Crippen LogP contribution in [0, 0.1) is 19.8 Å². The van der Waals surface area contributed by atoms with Crippen molar-refractivity contribution < 1.29 is 0 Å². The summed E-state index contributed by atoms with van der Waals surface area (Å²) in [5.41, 5.74) is 2.29. The van der Waals surface area contributed by atoms with Gasteiger partial charge in [0.1, 0.15) is 0 Å². The molecule has 0 aliphatic carbocycles. The minimum atomic E-state index is 0.435. The number of aromatic nitrogens is 4. The Bertz CT molecular complexity index is 642. The van der Waals surface area contributed by atoms with Gasteiger partial charge in [0, 0.05) is 50.8 Å². The van der Waals surface area contributed by atoms with Gasteiger partial charge in [-0.3, -0.25) is 14.4 Å². The van der Waals surface area contributed by atoms with E-state index in [0.29, 0.717) is 5.92 Å². The number of aliphatic imine (C=N–C) groups is 1. The summed E-state index contributed by atoms with van der Waals surface area (Å²) < 4.78 is 4.02. The topological polar surface area (TPSA) is 72.1 Å². The van der Waals surface area contributed by atoms with E-state index in [0.717, 1.165) is 50.8 Å². The van der Waals surface area contributed by atoms with E-state index in [1.54, 1.807) is 0 Å². The molecule has 7 heteroatoms. The first-order chi connectivity index (χ1) is 12.1. The molecule has 2 aromatic heterocycles. The molecule has 0 radical (unpaired) electrons. The Morgan fingerprint density at radius 3 is 2.80 bits per heavy atom. The third-order valence-electron chi connectivity index (χ3n) is 3.91. The van der Waals surface area contributed by atoms with Crippen LogP contribution < -0.4 is 10.6 Å². The normalized spacial score (nSPS) is 13.0. The maximum Gasteiger partial charge on any atom is 0.191 e. The molecule has 25 heavy (non-hydrogen) atoms. The summed E-state index contributed by atoms with van der Waals surface area (Å²) in [5, 5.41) is 15.5. The van der Waals surface area contributed by atoms with Crippen molar-refractivity contribution in [2.24, 2.45) is 10.9 Å². The standard InChI is InChI=1S/C18H31N7/c1-5-19-18(21-13-15(2)14-24-10-7-9-22-24)20-8-6-11-25-17(4)12-16(3)23-25/h7,9-10,12,15H,5-6,8,11,13-14H2,1-4H3,(H2,19,20,21). The first-order valence-electron chi connectivity index (χ1n) is 9.09. The van der Waals surface area contributed by atoms with E-state index in [2.05, 4.69) is 52.4 Å². The highest BCUT2D eigenvalue weighted by molar-refractivity contribution is 5.79. The van der Waals surface area contributed by atoms with E-state index in [1.165, 1.54) is 5.69 Å². The Morgan fingerprint density at radius 1 is 1.32 bits per heavy atom. The van der Waals surface area contributed by atoms with E-state index in [4.69, 9.17) is 4.99 Å². The summed E-state index contributed by atoms with van der Waals surface area (Å²) in [6.07, 6.45) is 4.81. The molecule has 1 atom stereocenters. The molecule has 1 unspecified atom stereocenters. The number of guanidine groups is 1. The molecule has 2 rings (SSSR count). The highest BCUT2D eigenvalue weighted by Crippen LogP contribution is 2.02. The maximum atomic E-state index is 4.69. The molecule has 0 amide bonds. The lowest BCUT2D eigenvalue weighted by Crippen LogP contribution is -2.38. The molecule has 0 fully saturated rings. The zero-order valence-electron chi connectivity index (χ0n) is 15.9. The van der Waals surface area contributed by atoms with Crippen LogP contribution in [-0.2, 0) is 13.1 Å². The first-order valence-corrected chi connectivity index (χ1v) is 9.09. The lowest BCUT2D eigenvalue weighted by molar-refractivity contribution is 0.458. The molecule has 2 heterocycles.